The third-order valence-electron chi connectivity index (χ3n) is 4.67. The van der Waals surface area contributed by atoms with Crippen molar-refractivity contribution in [1.29, 1.82) is 0 Å². The highest BCUT2D eigenvalue weighted by atomic mass is 32.2. The van der Waals surface area contributed by atoms with E-state index in [1.807, 2.05) is 25.1 Å². The molecule has 0 aliphatic rings. The number of benzene rings is 4. The largest absolute Gasteiger partial charge is 0.364 e. The topological polar surface area (TPSA) is 63.7 Å². The third kappa shape index (κ3) is 3.77. The third-order valence-corrected chi connectivity index (χ3v) is 6.30. The van der Waals surface area contributed by atoms with Gasteiger partial charge in [-0.15, -0.1) is 0 Å². The molecule has 4 rings (SSSR count). The summed E-state index contributed by atoms with van der Waals surface area (Å²) in [6.45, 7) is 1.90. The number of sulfonamides is 1. The van der Waals surface area contributed by atoms with Crippen molar-refractivity contribution < 1.29 is 18.0 Å². The van der Waals surface area contributed by atoms with Gasteiger partial charge < -0.3 is 4.84 Å². The van der Waals surface area contributed by atoms with Crippen molar-refractivity contribution in [2.75, 3.05) is 4.47 Å². The smallest absolute Gasteiger partial charge is 0.320 e. The minimum atomic E-state index is -4.20. The van der Waals surface area contributed by atoms with Gasteiger partial charge in [-0.05, 0) is 42.6 Å². The summed E-state index contributed by atoms with van der Waals surface area (Å²) < 4.78 is 27.9. The van der Waals surface area contributed by atoms with Crippen LogP contribution in [-0.2, 0) is 14.9 Å². The lowest BCUT2D eigenvalue weighted by Crippen LogP contribution is -2.34. The number of nitrogens with zero attached hydrogens (tertiary/aromatic N) is 1. The monoisotopic (exact) mass is 417 g/mol. The number of aryl methyl sites for hydroxylation is 1. The molecule has 0 heterocycles. The normalized spacial score (nSPS) is 11.2. The van der Waals surface area contributed by atoms with E-state index < -0.39 is 16.0 Å². The average Bonchev–Trinajstić information content (AvgIpc) is 2.78. The van der Waals surface area contributed by atoms with E-state index in [0.29, 0.717) is 9.85 Å². The zero-order valence-corrected chi connectivity index (χ0v) is 17.0. The van der Waals surface area contributed by atoms with E-state index in [2.05, 4.69) is 0 Å². The van der Waals surface area contributed by atoms with E-state index >= 15 is 0 Å². The molecule has 4 aromatic carbocycles. The van der Waals surface area contributed by atoms with E-state index in [4.69, 9.17) is 4.84 Å². The Morgan fingerprint density at radius 2 is 1.40 bits per heavy atom. The van der Waals surface area contributed by atoms with Crippen molar-refractivity contribution in [3.63, 3.8) is 0 Å². The summed E-state index contributed by atoms with van der Waals surface area (Å²) in [6.07, 6.45) is 0. The van der Waals surface area contributed by atoms with Gasteiger partial charge in [-0.25, -0.2) is 4.79 Å². The molecule has 5 nitrogen and oxygen atoms in total. The summed E-state index contributed by atoms with van der Waals surface area (Å²) in [5.41, 5.74) is 1.47. The molecule has 0 spiro atoms. The highest BCUT2D eigenvalue weighted by Gasteiger charge is 2.31. The minimum Gasteiger partial charge on any atom is -0.320 e. The number of hydrogen-bond acceptors (Lipinski definition) is 4. The summed E-state index contributed by atoms with van der Waals surface area (Å²) in [5, 5.41) is 1.32. The summed E-state index contributed by atoms with van der Waals surface area (Å²) in [5.74, 6) is -0.761. The molecule has 0 unspecified atom stereocenters. The summed E-state index contributed by atoms with van der Waals surface area (Å²) >= 11 is 0. The summed E-state index contributed by atoms with van der Waals surface area (Å²) in [7, 11) is -4.20. The number of anilines is 1. The Balaban J connectivity index is 1.81. The van der Waals surface area contributed by atoms with Crippen LogP contribution in [0.1, 0.15) is 15.9 Å². The van der Waals surface area contributed by atoms with Gasteiger partial charge in [-0.1, -0.05) is 76.8 Å². The highest BCUT2D eigenvalue weighted by molar-refractivity contribution is 7.92. The predicted molar refractivity (Wildman–Crippen MR) is 117 cm³/mol. The van der Waals surface area contributed by atoms with Gasteiger partial charge in [-0.2, -0.15) is 8.42 Å². The van der Waals surface area contributed by atoms with Gasteiger partial charge in [-0.3, -0.25) is 0 Å². The molecule has 0 saturated carbocycles. The maximum Gasteiger partial charge on any atom is 0.364 e. The SMILES string of the molecule is Cc1ccc(C(=O)ON(c2ccccc2)S(=O)(=O)c2cccc3ccccc23)cc1. The minimum absolute atomic E-state index is 0.0566. The van der Waals surface area contributed by atoms with Crippen molar-refractivity contribution >= 4 is 32.5 Å². The van der Waals surface area contributed by atoms with E-state index in [0.717, 1.165) is 10.9 Å². The van der Waals surface area contributed by atoms with Crippen molar-refractivity contribution in [2.45, 2.75) is 11.8 Å². The van der Waals surface area contributed by atoms with Crippen molar-refractivity contribution in [2.24, 2.45) is 0 Å². The predicted octanol–water partition coefficient (Wildman–Crippen LogP) is 5.12. The fraction of sp³-hybridized carbons (Fsp3) is 0.0417. The van der Waals surface area contributed by atoms with Gasteiger partial charge in [0.1, 0.15) is 0 Å². The average molecular weight is 417 g/mol. The van der Waals surface area contributed by atoms with Gasteiger partial charge >= 0.3 is 5.97 Å². The zero-order chi connectivity index (χ0) is 21.1. The van der Waals surface area contributed by atoms with Crippen LogP contribution in [0.4, 0.5) is 5.69 Å². The van der Waals surface area contributed by atoms with E-state index in [1.54, 1.807) is 72.8 Å². The molecule has 0 amide bonds. The molecule has 0 aliphatic carbocycles. The van der Waals surface area contributed by atoms with Crippen molar-refractivity contribution in [3.05, 3.63) is 108 Å². The Labute approximate surface area is 175 Å². The molecule has 0 N–H and O–H groups in total. The van der Waals surface area contributed by atoms with E-state index in [1.165, 1.54) is 6.07 Å². The standard InChI is InChI=1S/C24H19NO4S/c1-18-14-16-20(17-15-18)24(26)29-25(21-10-3-2-4-11-21)30(27,28)23-13-7-9-19-8-5-6-12-22(19)23/h2-17H,1H3. The van der Waals surface area contributed by atoms with Crippen LogP contribution in [0.25, 0.3) is 10.8 Å². The fourth-order valence-corrected chi connectivity index (χ4v) is 4.58. The van der Waals surface area contributed by atoms with Gasteiger partial charge in [0.15, 0.2) is 0 Å². The number of carbonyl (C=O) groups is 1. The number of rotatable bonds is 5. The molecule has 0 bridgehead atoms. The Morgan fingerprint density at radius 3 is 2.13 bits per heavy atom. The van der Waals surface area contributed by atoms with Gasteiger partial charge in [0.05, 0.1) is 16.1 Å². The zero-order valence-electron chi connectivity index (χ0n) is 16.2. The molecule has 0 aliphatic heterocycles. The lowest BCUT2D eigenvalue weighted by molar-refractivity contribution is 0.0528. The molecule has 30 heavy (non-hydrogen) atoms. The molecular weight excluding hydrogens is 398 g/mol. The second kappa shape index (κ2) is 8.00. The van der Waals surface area contributed by atoms with Crippen LogP contribution in [0.15, 0.2) is 102 Å². The van der Waals surface area contributed by atoms with Crippen LogP contribution >= 0.6 is 0 Å². The van der Waals surface area contributed by atoms with Gasteiger partial charge in [0.2, 0.25) is 0 Å². The van der Waals surface area contributed by atoms with Crippen molar-refractivity contribution in [1.82, 2.24) is 0 Å². The Hall–Kier alpha value is -3.64. The quantitative estimate of drug-likeness (QED) is 0.423. The molecule has 0 atom stereocenters. The lowest BCUT2D eigenvalue weighted by Gasteiger charge is -2.23. The van der Waals surface area contributed by atoms with E-state index in [-0.39, 0.29) is 16.1 Å². The van der Waals surface area contributed by atoms with Gasteiger partial charge in [0.25, 0.3) is 10.0 Å². The fourth-order valence-electron chi connectivity index (χ4n) is 3.12. The van der Waals surface area contributed by atoms with Crippen molar-refractivity contribution in [3.8, 4) is 0 Å². The second-order valence-corrected chi connectivity index (χ2v) is 8.51. The van der Waals surface area contributed by atoms with Crippen LogP contribution < -0.4 is 4.47 Å². The number of para-hydroxylation sites is 1. The Kier molecular flexibility index (Phi) is 5.25. The first-order chi connectivity index (χ1) is 14.5. The Morgan fingerprint density at radius 1 is 0.767 bits per heavy atom. The summed E-state index contributed by atoms with van der Waals surface area (Å²) in [4.78, 5) is 18.2. The molecular formula is C24H19NO4S. The first kappa shape index (κ1) is 19.7. The maximum atomic E-state index is 13.6. The highest BCUT2D eigenvalue weighted by Crippen LogP contribution is 2.29. The molecule has 6 heteroatoms. The number of fused-ring (bicyclic) bond motifs is 1. The second-order valence-electron chi connectivity index (χ2n) is 6.79. The van der Waals surface area contributed by atoms with Crippen LogP contribution in [0.2, 0.25) is 0 Å². The molecule has 4 aromatic rings. The molecule has 0 aromatic heterocycles. The lowest BCUT2D eigenvalue weighted by atomic mass is 10.1. The van der Waals surface area contributed by atoms with Crippen LogP contribution in [0.5, 0.6) is 0 Å². The molecule has 0 fully saturated rings. The van der Waals surface area contributed by atoms with Crippen LogP contribution in [0, 0.1) is 6.92 Å². The van der Waals surface area contributed by atoms with E-state index in [9.17, 15) is 13.2 Å². The summed E-state index contributed by atoms with van der Waals surface area (Å²) in [6, 6.07) is 27.2. The molecule has 0 radical (unpaired) electrons. The first-order valence-electron chi connectivity index (χ1n) is 9.34. The molecule has 150 valence electrons. The maximum absolute atomic E-state index is 13.6. The number of hydrogen-bond donors (Lipinski definition) is 0. The van der Waals surface area contributed by atoms with Gasteiger partial charge in [0, 0.05) is 5.39 Å². The van der Waals surface area contributed by atoms with Crippen LogP contribution in [-0.4, -0.2) is 14.4 Å². The Bertz CT molecular complexity index is 1290. The molecule has 0 saturated heterocycles. The van der Waals surface area contributed by atoms with Crippen LogP contribution in [0.3, 0.4) is 0 Å². The first-order valence-corrected chi connectivity index (χ1v) is 10.8. The number of carbonyl (C=O) groups excluding carboxylic acids is 1.